The van der Waals surface area contributed by atoms with Crippen LogP contribution in [0.4, 0.5) is 0 Å². The van der Waals surface area contributed by atoms with E-state index in [9.17, 15) is 14.4 Å². The molecule has 6 heteroatoms. The molecule has 0 unspecified atom stereocenters. The van der Waals surface area contributed by atoms with Gasteiger partial charge in [-0.2, -0.15) is 0 Å². The van der Waals surface area contributed by atoms with Gasteiger partial charge in [-0.15, -0.1) is 0 Å². The van der Waals surface area contributed by atoms with E-state index in [4.69, 9.17) is 0 Å². The summed E-state index contributed by atoms with van der Waals surface area (Å²) in [4.78, 5) is 36.8. The van der Waals surface area contributed by atoms with Gasteiger partial charge in [-0.05, 0) is 41.5 Å². The molecule has 2 aromatic rings. The van der Waals surface area contributed by atoms with Gasteiger partial charge in [0.2, 0.25) is 5.91 Å². The molecule has 0 bridgehead atoms. The van der Waals surface area contributed by atoms with Crippen LogP contribution in [0.25, 0.3) is 6.08 Å². The first-order valence-electron chi connectivity index (χ1n) is 8.49. The van der Waals surface area contributed by atoms with Gasteiger partial charge in [0.05, 0.1) is 0 Å². The highest BCUT2D eigenvalue weighted by Gasteiger charge is 2.07. The molecule has 140 valence electrons. The van der Waals surface area contributed by atoms with Crippen LogP contribution in [0.15, 0.2) is 54.6 Å². The first-order valence-corrected chi connectivity index (χ1v) is 8.49. The van der Waals surface area contributed by atoms with E-state index < -0.39 is 0 Å². The van der Waals surface area contributed by atoms with E-state index in [-0.39, 0.29) is 17.7 Å². The highest BCUT2D eigenvalue weighted by molar-refractivity contribution is 5.95. The zero-order valence-corrected chi connectivity index (χ0v) is 15.7. The Kier molecular flexibility index (Phi) is 6.88. The highest BCUT2D eigenvalue weighted by Crippen LogP contribution is 2.08. The van der Waals surface area contributed by atoms with Crippen molar-refractivity contribution >= 4 is 23.8 Å². The largest absolute Gasteiger partial charge is 0.355 e. The van der Waals surface area contributed by atoms with Gasteiger partial charge < -0.3 is 15.5 Å². The van der Waals surface area contributed by atoms with Gasteiger partial charge in [-0.1, -0.05) is 24.3 Å². The summed E-state index contributed by atoms with van der Waals surface area (Å²) in [7, 11) is 4.98. The van der Waals surface area contributed by atoms with Crippen LogP contribution >= 0.6 is 0 Å². The predicted octanol–water partition coefficient (Wildman–Crippen LogP) is 2.08. The molecule has 0 saturated carbocycles. The Balaban J connectivity index is 1.87. The maximum Gasteiger partial charge on any atom is 0.253 e. The fourth-order valence-corrected chi connectivity index (χ4v) is 2.33. The van der Waals surface area contributed by atoms with Crippen LogP contribution in [0.2, 0.25) is 0 Å². The molecule has 3 amide bonds. The van der Waals surface area contributed by atoms with Crippen molar-refractivity contribution in [2.24, 2.45) is 0 Å². The molecular weight excluding hydrogens is 342 g/mol. The summed E-state index contributed by atoms with van der Waals surface area (Å²) >= 11 is 0. The molecule has 0 heterocycles. The van der Waals surface area contributed by atoms with Crippen molar-refractivity contribution in [2.45, 2.75) is 6.54 Å². The minimum atomic E-state index is -0.223. The van der Waals surface area contributed by atoms with Crippen LogP contribution in [0, 0.1) is 0 Å². The van der Waals surface area contributed by atoms with Crippen LogP contribution in [-0.4, -0.2) is 43.8 Å². The Hall–Kier alpha value is -3.41. The van der Waals surface area contributed by atoms with Crippen LogP contribution < -0.4 is 10.6 Å². The lowest BCUT2D eigenvalue weighted by Crippen LogP contribution is -2.22. The lowest BCUT2D eigenvalue weighted by molar-refractivity contribution is -0.116. The Labute approximate surface area is 158 Å². The van der Waals surface area contributed by atoms with Gasteiger partial charge in [-0.25, -0.2) is 0 Å². The summed E-state index contributed by atoms with van der Waals surface area (Å²) in [5, 5.41) is 5.35. The molecule has 0 aliphatic carbocycles. The molecule has 0 atom stereocenters. The topological polar surface area (TPSA) is 78.5 Å². The molecule has 0 saturated heterocycles. The van der Waals surface area contributed by atoms with Crippen LogP contribution in [0.5, 0.6) is 0 Å². The summed E-state index contributed by atoms with van der Waals surface area (Å²) in [5.41, 5.74) is 2.90. The SMILES string of the molecule is CNC(=O)c1ccc(/C=C/C(=O)NCc2ccc(C(=O)N(C)C)cc2)cc1. The average molecular weight is 365 g/mol. The highest BCUT2D eigenvalue weighted by atomic mass is 16.2. The smallest absolute Gasteiger partial charge is 0.253 e. The number of hydrogen-bond donors (Lipinski definition) is 2. The third kappa shape index (κ3) is 5.81. The minimum absolute atomic E-state index is 0.0593. The third-order valence-electron chi connectivity index (χ3n) is 3.90. The Bertz CT molecular complexity index is 838. The second-order valence-corrected chi connectivity index (χ2v) is 6.15. The zero-order valence-electron chi connectivity index (χ0n) is 15.7. The number of hydrogen-bond acceptors (Lipinski definition) is 3. The van der Waals surface area contributed by atoms with Gasteiger partial charge >= 0.3 is 0 Å². The van der Waals surface area contributed by atoms with Gasteiger partial charge in [0.25, 0.3) is 11.8 Å². The Morgan fingerprint density at radius 2 is 1.52 bits per heavy atom. The Morgan fingerprint density at radius 1 is 0.926 bits per heavy atom. The second-order valence-electron chi connectivity index (χ2n) is 6.15. The lowest BCUT2D eigenvalue weighted by Gasteiger charge is -2.10. The van der Waals surface area contributed by atoms with Crippen molar-refractivity contribution in [2.75, 3.05) is 21.1 Å². The van der Waals surface area contributed by atoms with E-state index in [1.54, 1.807) is 63.6 Å². The number of carbonyl (C=O) groups excluding carboxylic acids is 3. The maximum absolute atomic E-state index is 12.0. The number of benzene rings is 2. The number of rotatable bonds is 6. The molecule has 0 aliphatic rings. The van der Waals surface area contributed by atoms with Gasteiger partial charge in [0.15, 0.2) is 0 Å². The monoisotopic (exact) mass is 365 g/mol. The van der Waals surface area contributed by atoms with Crippen molar-refractivity contribution in [3.63, 3.8) is 0 Å². The zero-order chi connectivity index (χ0) is 19.8. The van der Waals surface area contributed by atoms with Gasteiger partial charge in [-0.3, -0.25) is 14.4 Å². The van der Waals surface area contributed by atoms with Crippen LogP contribution in [0.3, 0.4) is 0 Å². The normalized spacial score (nSPS) is 10.5. The summed E-state index contributed by atoms with van der Waals surface area (Å²) in [6, 6.07) is 14.1. The van der Waals surface area contributed by atoms with Crippen LogP contribution in [0.1, 0.15) is 31.8 Å². The number of nitrogens with zero attached hydrogens (tertiary/aromatic N) is 1. The first-order chi connectivity index (χ1) is 12.9. The molecular formula is C21H23N3O3. The predicted molar refractivity (Wildman–Crippen MR) is 105 cm³/mol. The second kappa shape index (κ2) is 9.33. The first kappa shape index (κ1) is 19.9. The molecule has 0 aliphatic heterocycles. The van der Waals surface area contributed by atoms with Crippen molar-refractivity contribution in [3.05, 3.63) is 76.9 Å². The lowest BCUT2D eigenvalue weighted by atomic mass is 10.1. The molecule has 0 aromatic heterocycles. The average Bonchev–Trinajstić information content (AvgIpc) is 2.70. The standard InChI is InChI=1S/C21H23N3O3/c1-22-20(26)17-9-4-15(5-10-17)8-13-19(25)23-14-16-6-11-18(12-7-16)21(27)24(2)3/h4-13H,14H2,1-3H3,(H,22,26)(H,23,25)/b13-8+. The van der Waals surface area contributed by atoms with E-state index in [0.29, 0.717) is 17.7 Å². The van der Waals surface area contributed by atoms with E-state index in [1.165, 1.54) is 11.0 Å². The molecule has 2 N–H and O–H groups in total. The number of nitrogens with one attached hydrogen (secondary N) is 2. The molecule has 2 rings (SSSR count). The Morgan fingerprint density at radius 3 is 2.07 bits per heavy atom. The van der Waals surface area contributed by atoms with Crippen LogP contribution in [-0.2, 0) is 11.3 Å². The van der Waals surface area contributed by atoms with E-state index in [0.717, 1.165) is 11.1 Å². The summed E-state index contributed by atoms with van der Waals surface area (Å²) in [6.45, 7) is 0.370. The third-order valence-corrected chi connectivity index (χ3v) is 3.90. The quantitative estimate of drug-likeness (QED) is 0.770. The summed E-state index contributed by atoms with van der Waals surface area (Å²) < 4.78 is 0. The number of amides is 3. The van der Waals surface area contributed by atoms with Gasteiger partial charge in [0, 0.05) is 44.9 Å². The minimum Gasteiger partial charge on any atom is -0.355 e. The van der Waals surface area contributed by atoms with Crippen molar-refractivity contribution in [3.8, 4) is 0 Å². The summed E-state index contributed by atoms with van der Waals surface area (Å²) in [5.74, 6) is -0.434. The number of carbonyl (C=O) groups is 3. The molecule has 0 radical (unpaired) electrons. The molecule has 0 fully saturated rings. The van der Waals surface area contributed by atoms with E-state index in [2.05, 4.69) is 10.6 Å². The van der Waals surface area contributed by atoms with Crippen molar-refractivity contribution in [1.29, 1.82) is 0 Å². The molecule has 0 spiro atoms. The molecule has 6 nitrogen and oxygen atoms in total. The van der Waals surface area contributed by atoms with Crippen molar-refractivity contribution in [1.82, 2.24) is 15.5 Å². The fourth-order valence-electron chi connectivity index (χ4n) is 2.33. The summed E-state index contributed by atoms with van der Waals surface area (Å²) in [6.07, 6.45) is 3.13. The fraction of sp³-hybridized carbons (Fsp3) is 0.190. The molecule has 2 aromatic carbocycles. The van der Waals surface area contributed by atoms with E-state index in [1.807, 2.05) is 12.1 Å². The van der Waals surface area contributed by atoms with E-state index >= 15 is 0 Å². The van der Waals surface area contributed by atoms with Crippen molar-refractivity contribution < 1.29 is 14.4 Å². The van der Waals surface area contributed by atoms with Gasteiger partial charge in [0.1, 0.15) is 0 Å². The molecule has 27 heavy (non-hydrogen) atoms. The maximum atomic E-state index is 12.0.